The maximum Gasteiger partial charge on any atom is 0.262 e. The molecule has 1 atom stereocenters. The van der Waals surface area contributed by atoms with Crippen molar-refractivity contribution in [3.8, 4) is 11.8 Å². The van der Waals surface area contributed by atoms with Crippen LogP contribution < -0.4 is 5.32 Å². The maximum atomic E-state index is 12.7. The largest absolute Gasteiger partial charge is 0.345 e. The van der Waals surface area contributed by atoms with Gasteiger partial charge < -0.3 is 9.88 Å². The summed E-state index contributed by atoms with van der Waals surface area (Å²) >= 11 is 2.29. The number of nitrogens with zero attached hydrogens (tertiary/aromatic N) is 2. The van der Waals surface area contributed by atoms with E-state index in [1.807, 2.05) is 69.3 Å². The van der Waals surface area contributed by atoms with Gasteiger partial charge in [0, 0.05) is 20.6 Å². The third-order valence-corrected chi connectivity index (χ3v) is 5.52. The van der Waals surface area contributed by atoms with E-state index in [9.17, 15) is 10.1 Å². The van der Waals surface area contributed by atoms with Crippen molar-refractivity contribution < 1.29 is 4.79 Å². The Labute approximate surface area is 185 Å². The molecule has 0 unspecified atom stereocenters. The van der Waals surface area contributed by atoms with Crippen molar-refractivity contribution in [2.75, 3.05) is 0 Å². The Bertz CT molecular complexity index is 1110. The smallest absolute Gasteiger partial charge is 0.262 e. The Kier molecular flexibility index (Phi) is 6.55. The van der Waals surface area contributed by atoms with E-state index in [0.29, 0.717) is 0 Å². The molecule has 5 heteroatoms. The SMILES string of the molecule is Cc1cc(/C=C(/C#N)C(=O)N[C@@H](C)c2ccccc2)c(C)n1-c1cccc(I)c1. The van der Waals surface area contributed by atoms with Crippen molar-refractivity contribution in [3.63, 3.8) is 0 Å². The van der Waals surface area contributed by atoms with Crippen LogP contribution in [0, 0.1) is 28.7 Å². The predicted octanol–water partition coefficient (Wildman–Crippen LogP) is 5.48. The van der Waals surface area contributed by atoms with Crippen molar-refractivity contribution >= 4 is 34.6 Å². The molecular formula is C24H22IN3O. The van der Waals surface area contributed by atoms with Crippen LogP contribution in [0.5, 0.6) is 0 Å². The lowest BCUT2D eigenvalue weighted by Crippen LogP contribution is -2.27. The van der Waals surface area contributed by atoms with Crippen molar-refractivity contribution in [3.05, 3.63) is 92.3 Å². The Morgan fingerprint density at radius 2 is 1.86 bits per heavy atom. The van der Waals surface area contributed by atoms with Gasteiger partial charge in [0.05, 0.1) is 6.04 Å². The predicted molar refractivity (Wildman–Crippen MR) is 125 cm³/mol. The quantitative estimate of drug-likeness (QED) is 0.290. The first-order valence-corrected chi connectivity index (χ1v) is 10.4. The van der Waals surface area contributed by atoms with Gasteiger partial charge >= 0.3 is 0 Å². The lowest BCUT2D eigenvalue weighted by Gasteiger charge is -2.13. The van der Waals surface area contributed by atoms with E-state index in [2.05, 4.69) is 50.7 Å². The molecule has 0 aliphatic heterocycles. The first-order valence-electron chi connectivity index (χ1n) is 9.33. The fourth-order valence-corrected chi connectivity index (χ4v) is 3.88. The summed E-state index contributed by atoms with van der Waals surface area (Å²) in [5.41, 5.74) is 5.05. The molecule has 1 N–H and O–H groups in total. The highest BCUT2D eigenvalue weighted by molar-refractivity contribution is 14.1. The zero-order valence-corrected chi connectivity index (χ0v) is 18.8. The van der Waals surface area contributed by atoms with E-state index in [-0.39, 0.29) is 17.5 Å². The normalized spacial score (nSPS) is 12.3. The van der Waals surface area contributed by atoms with Gasteiger partial charge in [-0.25, -0.2) is 0 Å². The van der Waals surface area contributed by atoms with Crippen molar-refractivity contribution in [1.29, 1.82) is 5.26 Å². The molecule has 0 saturated heterocycles. The van der Waals surface area contributed by atoms with Gasteiger partial charge in [0.25, 0.3) is 5.91 Å². The van der Waals surface area contributed by atoms with Crippen LogP contribution in [0.15, 0.2) is 66.2 Å². The molecule has 0 saturated carbocycles. The Hall–Kier alpha value is -2.85. The summed E-state index contributed by atoms with van der Waals surface area (Å²) in [5, 5.41) is 12.5. The number of nitrogens with one attached hydrogen (secondary N) is 1. The minimum atomic E-state index is -0.372. The number of aryl methyl sites for hydroxylation is 1. The number of aromatic nitrogens is 1. The number of nitriles is 1. The number of amides is 1. The molecule has 3 rings (SSSR count). The Morgan fingerprint density at radius 1 is 1.14 bits per heavy atom. The summed E-state index contributed by atoms with van der Waals surface area (Å²) in [5.74, 6) is -0.372. The molecule has 1 amide bonds. The monoisotopic (exact) mass is 495 g/mol. The zero-order chi connectivity index (χ0) is 21.0. The van der Waals surface area contributed by atoms with Crippen LogP contribution in [0.25, 0.3) is 11.8 Å². The van der Waals surface area contributed by atoms with E-state index in [4.69, 9.17) is 0 Å². The molecule has 2 aromatic carbocycles. The van der Waals surface area contributed by atoms with Gasteiger partial charge in [0.2, 0.25) is 0 Å². The standard InChI is InChI=1S/C24H22IN3O/c1-16-12-20(18(3)28(16)23-11-7-10-22(25)14-23)13-21(15-26)24(29)27-17(2)19-8-5-4-6-9-19/h4-14,17H,1-3H3,(H,27,29)/b21-13-/t17-/m0/s1. The van der Waals surface area contributed by atoms with Crippen LogP contribution >= 0.6 is 22.6 Å². The molecule has 29 heavy (non-hydrogen) atoms. The van der Waals surface area contributed by atoms with Crippen molar-refractivity contribution in [2.45, 2.75) is 26.8 Å². The number of hydrogen-bond acceptors (Lipinski definition) is 2. The number of carbonyl (C=O) groups is 1. The highest BCUT2D eigenvalue weighted by Gasteiger charge is 2.16. The molecule has 0 aliphatic carbocycles. The Balaban J connectivity index is 1.89. The van der Waals surface area contributed by atoms with Crippen LogP contribution in [0.2, 0.25) is 0 Å². The topological polar surface area (TPSA) is 57.8 Å². The molecule has 3 aromatic rings. The molecule has 0 fully saturated rings. The number of benzene rings is 2. The van der Waals surface area contributed by atoms with E-state index >= 15 is 0 Å². The fraction of sp³-hybridized carbons (Fsp3) is 0.167. The second-order valence-corrected chi connectivity index (χ2v) is 8.16. The van der Waals surface area contributed by atoms with E-state index in [0.717, 1.165) is 31.8 Å². The number of halogens is 1. The molecule has 0 spiro atoms. The molecule has 0 aliphatic rings. The summed E-state index contributed by atoms with van der Waals surface area (Å²) in [4.78, 5) is 12.7. The highest BCUT2D eigenvalue weighted by Crippen LogP contribution is 2.24. The van der Waals surface area contributed by atoms with Crippen LogP contribution in [-0.4, -0.2) is 10.5 Å². The summed E-state index contributed by atoms with van der Waals surface area (Å²) in [6, 6.07) is 21.8. The summed E-state index contributed by atoms with van der Waals surface area (Å²) in [6.07, 6.45) is 1.67. The molecule has 0 bridgehead atoms. The van der Waals surface area contributed by atoms with Gasteiger partial charge in [-0.15, -0.1) is 0 Å². The molecule has 1 heterocycles. The molecular weight excluding hydrogens is 473 g/mol. The minimum Gasteiger partial charge on any atom is -0.345 e. The average Bonchev–Trinajstić information content (AvgIpc) is 2.99. The van der Waals surface area contributed by atoms with Gasteiger partial charge in [-0.3, -0.25) is 4.79 Å². The first kappa shape index (κ1) is 20.9. The third kappa shape index (κ3) is 4.77. The van der Waals surface area contributed by atoms with Gasteiger partial charge in [0.1, 0.15) is 11.6 Å². The second-order valence-electron chi connectivity index (χ2n) is 6.92. The Morgan fingerprint density at radius 3 is 2.52 bits per heavy atom. The number of carbonyl (C=O) groups excluding carboxylic acids is 1. The number of rotatable bonds is 5. The molecule has 1 aromatic heterocycles. The second kappa shape index (κ2) is 9.10. The molecule has 146 valence electrons. The maximum absolute atomic E-state index is 12.7. The average molecular weight is 495 g/mol. The zero-order valence-electron chi connectivity index (χ0n) is 16.6. The molecule has 0 radical (unpaired) electrons. The van der Waals surface area contributed by atoms with E-state index in [1.165, 1.54) is 0 Å². The fourth-order valence-electron chi connectivity index (χ4n) is 3.35. The third-order valence-electron chi connectivity index (χ3n) is 4.85. The van der Waals surface area contributed by atoms with Gasteiger partial charge in [-0.2, -0.15) is 5.26 Å². The minimum absolute atomic E-state index is 0.0932. The van der Waals surface area contributed by atoms with Gasteiger partial charge in [-0.1, -0.05) is 36.4 Å². The summed E-state index contributed by atoms with van der Waals surface area (Å²) in [6.45, 7) is 5.93. The van der Waals surface area contributed by atoms with E-state index in [1.54, 1.807) is 6.08 Å². The first-order chi connectivity index (χ1) is 13.9. The summed E-state index contributed by atoms with van der Waals surface area (Å²) < 4.78 is 3.28. The van der Waals surface area contributed by atoms with Crippen molar-refractivity contribution in [2.24, 2.45) is 0 Å². The van der Waals surface area contributed by atoms with Crippen LogP contribution in [-0.2, 0) is 4.79 Å². The highest BCUT2D eigenvalue weighted by atomic mass is 127. The van der Waals surface area contributed by atoms with Crippen LogP contribution in [0.4, 0.5) is 0 Å². The van der Waals surface area contributed by atoms with Crippen LogP contribution in [0.3, 0.4) is 0 Å². The van der Waals surface area contributed by atoms with Gasteiger partial charge in [-0.05, 0) is 84.8 Å². The van der Waals surface area contributed by atoms with E-state index < -0.39 is 0 Å². The molecule has 4 nitrogen and oxygen atoms in total. The summed E-state index contributed by atoms with van der Waals surface area (Å²) in [7, 11) is 0. The lowest BCUT2D eigenvalue weighted by atomic mass is 10.1. The lowest BCUT2D eigenvalue weighted by molar-refractivity contribution is -0.117. The van der Waals surface area contributed by atoms with Crippen molar-refractivity contribution in [1.82, 2.24) is 9.88 Å². The van der Waals surface area contributed by atoms with Crippen LogP contribution in [0.1, 0.15) is 35.5 Å². The van der Waals surface area contributed by atoms with Gasteiger partial charge in [0.15, 0.2) is 0 Å². The number of hydrogen-bond donors (Lipinski definition) is 1.